The standard InChI is InChI=1S/C25H20N4O4/c30-23-15-29(21-9-5-4-8-19(21)27-23)25(32)17-10-12-18(13-11-17)26-24(31)20-14-22(33-28-20)16-6-2-1-3-7-16/h1-13,22H,14-15H2,(H,26,31)(H,27,30). The zero-order chi connectivity index (χ0) is 22.8. The van der Waals surface area contributed by atoms with Crippen molar-refractivity contribution in [2.24, 2.45) is 5.16 Å². The number of fused-ring (bicyclic) bond motifs is 1. The molecule has 3 aromatic rings. The lowest BCUT2D eigenvalue weighted by Crippen LogP contribution is -2.42. The number of hydrogen-bond donors (Lipinski definition) is 2. The predicted octanol–water partition coefficient (Wildman–Crippen LogP) is 3.74. The van der Waals surface area contributed by atoms with Gasteiger partial charge in [0.1, 0.15) is 12.3 Å². The first-order valence-electron chi connectivity index (χ1n) is 10.5. The minimum Gasteiger partial charge on any atom is -0.387 e. The van der Waals surface area contributed by atoms with Crippen LogP contribution in [0, 0.1) is 0 Å². The molecular weight excluding hydrogens is 420 g/mol. The number of nitrogens with zero attached hydrogens (tertiary/aromatic N) is 2. The van der Waals surface area contributed by atoms with Gasteiger partial charge in [-0.2, -0.15) is 0 Å². The van der Waals surface area contributed by atoms with Gasteiger partial charge in [0.2, 0.25) is 5.91 Å². The summed E-state index contributed by atoms with van der Waals surface area (Å²) in [7, 11) is 0. The lowest BCUT2D eigenvalue weighted by Gasteiger charge is -2.29. The molecule has 1 atom stereocenters. The van der Waals surface area contributed by atoms with Crippen molar-refractivity contribution in [3.63, 3.8) is 0 Å². The summed E-state index contributed by atoms with van der Waals surface area (Å²) < 4.78 is 0. The first kappa shape index (κ1) is 20.4. The molecule has 2 N–H and O–H groups in total. The van der Waals surface area contributed by atoms with E-state index in [0.29, 0.717) is 34.8 Å². The van der Waals surface area contributed by atoms with Gasteiger partial charge in [-0.3, -0.25) is 19.3 Å². The number of rotatable bonds is 4. The molecule has 0 bridgehead atoms. The second kappa shape index (κ2) is 8.58. The van der Waals surface area contributed by atoms with Crippen LogP contribution < -0.4 is 15.5 Å². The topological polar surface area (TPSA) is 100 Å². The van der Waals surface area contributed by atoms with Crippen LogP contribution >= 0.6 is 0 Å². The molecule has 0 fully saturated rings. The molecule has 0 saturated carbocycles. The maximum absolute atomic E-state index is 13.0. The van der Waals surface area contributed by atoms with E-state index in [9.17, 15) is 14.4 Å². The van der Waals surface area contributed by atoms with E-state index in [1.54, 1.807) is 42.5 Å². The third-order valence-corrected chi connectivity index (χ3v) is 5.51. The highest BCUT2D eigenvalue weighted by Gasteiger charge is 2.29. The van der Waals surface area contributed by atoms with Gasteiger partial charge < -0.3 is 15.5 Å². The summed E-state index contributed by atoms with van der Waals surface area (Å²) in [5.41, 5.74) is 3.44. The molecule has 8 heteroatoms. The fourth-order valence-corrected chi connectivity index (χ4v) is 3.83. The minimum atomic E-state index is -0.353. The van der Waals surface area contributed by atoms with Crippen molar-refractivity contribution < 1.29 is 19.2 Å². The Balaban J connectivity index is 1.25. The highest BCUT2D eigenvalue weighted by molar-refractivity contribution is 6.43. The van der Waals surface area contributed by atoms with E-state index in [1.807, 2.05) is 36.4 Å². The molecule has 5 rings (SSSR count). The fourth-order valence-electron chi connectivity index (χ4n) is 3.83. The molecule has 2 aliphatic heterocycles. The fraction of sp³-hybridized carbons (Fsp3) is 0.120. The lowest BCUT2D eigenvalue weighted by atomic mass is 10.0. The molecule has 164 valence electrons. The first-order chi connectivity index (χ1) is 16.1. The summed E-state index contributed by atoms with van der Waals surface area (Å²) in [6.07, 6.45) is 0.0969. The van der Waals surface area contributed by atoms with Gasteiger partial charge >= 0.3 is 0 Å². The smallest absolute Gasteiger partial charge is 0.273 e. The Bertz CT molecular complexity index is 1250. The molecule has 8 nitrogen and oxygen atoms in total. The van der Waals surface area contributed by atoms with Gasteiger partial charge in [-0.15, -0.1) is 0 Å². The van der Waals surface area contributed by atoms with Crippen molar-refractivity contribution in [2.75, 3.05) is 22.1 Å². The Labute approximate surface area is 189 Å². The summed E-state index contributed by atoms with van der Waals surface area (Å²) in [4.78, 5) is 44.5. The summed E-state index contributed by atoms with van der Waals surface area (Å²) in [6.45, 7) is -0.0588. The lowest BCUT2D eigenvalue weighted by molar-refractivity contribution is -0.115. The molecule has 0 aromatic heterocycles. The average molecular weight is 440 g/mol. The molecule has 33 heavy (non-hydrogen) atoms. The minimum absolute atomic E-state index is 0.0588. The third-order valence-electron chi connectivity index (χ3n) is 5.51. The van der Waals surface area contributed by atoms with Crippen molar-refractivity contribution in [1.82, 2.24) is 0 Å². The van der Waals surface area contributed by atoms with Crippen molar-refractivity contribution in [3.8, 4) is 0 Å². The van der Waals surface area contributed by atoms with Crippen LogP contribution in [0.25, 0.3) is 0 Å². The highest BCUT2D eigenvalue weighted by Crippen LogP contribution is 2.30. The number of para-hydroxylation sites is 2. The van der Waals surface area contributed by atoms with E-state index in [2.05, 4.69) is 15.8 Å². The van der Waals surface area contributed by atoms with E-state index >= 15 is 0 Å². The largest absolute Gasteiger partial charge is 0.387 e. The summed E-state index contributed by atoms with van der Waals surface area (Å²) >= 11 is 0. The SMILES string of the molecule is O=C1CN(C(=O)c2ccc(NC(=O)C3=NOC(c4ccccc4)C3)cc2)c2ccccc2N1. The number of carbonyl (C=O) groups excluding carboxylic acids is 3. The van der Waals surface area contributed by atoms with Crippen LogP contribution in [0.3, 0.4) is 0 Å². The molecule has 0 aliphatic carbocycles. The van der Waals surface area contributed by atoms with Crippen LogP contribution in [-0.4, -0.2) is 30.0 Å². The van der Waals surface area contributed by atoms with Crippen LogP contribution in [0.5, 0.6) is 0 Å². The summed E-state index contributed by atoms with van der Waals surface area (Å²) in [5.74, 6) is -0.900. The number of hydrogen-bond acceptors (Lipinski definition) is 5. The number of amides is 3. The average Bonchev–Trinajstić information content (AvgIpc) is 3.35. The van der Waals surface area contributed by atoms with E-state index in [0.717, 1.165) is 5.56 Å². The predicted molar refractivity (Wildman–Crippen MR) is 124 cm³/mol. The molecule has 3 aromatic carbocycles. The van der Waals surface area contributed by atoms with Crippen LogP contribution in [0.4, 0.5) is 17.1 Å². The molecule has 0 radical (unpaired) electrons. The van der Waals surface area contributed by atoms with Crippen molar-refractivity contribution in [1.29, 1.82) is 0 Å². The number of oxime groups is 1. The van der Waals surface area contributed by atoms with Gasteiger partial charge in [0.25, 0.3) is 11.8 Å². The Morgan fingerprint density at radius 1 is 0.970 bits per heavy atom. The zero-order valence-electron chi connectivity index (χ0n) is 17.5. The van der Waals surface area contributed by atoms with Crippen LogP contribution in [0.15, 0.2) is 84.0 Å². The van der Waals surface area contributed by atoms with Crippen molar-refractivity contribution >= 4 is 40.5 Å². The van der Waals surface area contributed by atoms with Crippen molar-refractivity contribution in [3.05, 3.63) is 90.0 Å². The normalized spacial score (nSPS) is 16.8. The molecule has 0 saturated heterocycles. The Morgan fingerprint density at radius 3 is 2.48 bits per heavy atom. The molecule has 0 spiro atoms. The maximum Gasteiger partial charge on any atom is 0.273 e. The van der Waals surface area contributed by atoms with Gasteiger partial charge in [-0.1, -0.05) is 47.6 Å². The second-order valence-electron chi connectivity index (χ2n) is 7.73. The monoisotopic (exact) mass is 440 g/mol. The molecule has 1 unspecified atom stereocenters. The number of carbonyl (C=O) groups is 3. The van der Waals surface area contributed by atoms with Gasteiger partial charge in [-0.25, -0.2) is 0 Å². The van der Waals surface area contributed by atoms with Crippen molar-refractivity contribution in [2.45, 2.75) is 12.5 Å². The van der Waals surface area contributed by atoms with Gasteiger partial charge in [0.05, 0.1) is 11.4 Å². The third kappa shape index (κ3) is 4.18. The van der Waals surface area contributed by atoms with Crippen LogP contribution in [0.1, 0.15) is 28.4 Å². The van der Waals surface area contributed by atoms with Crippen LogP contribution in [-0.2, 0) is 14.4 Å². The van der Waals surface area contributed by atoms with Gasteiger partial charge in [0, 0.05) is 17.7 Å². The Kier molecular flexibility index (Phi) is 5.32. The number of nitrogens with one attached hydrogen (secondary N) is 2. The Hall–Kier alpha value is -4.46. The van der Waals surface area contributed by atoms with Crippen LogP contribution in [0.2, 0.25) is 0 Å². The molecular formula is C25H20N4O4. The zero-order valence-corrected chi connectivity index (χ0v) is 17.5. The highest BCUT2D eigenvalue weighted by atomic mass is 16.6. The van der Waals surface area contributed by atoms with Gasteiger partial charge in [-0.05, 0) is 42.0 Å². The van der Waals surface area contributed by atoms with E-state index in [1.165, 1.54) is 4.90 Å². The molecule has 2 aliphatic rings. The first-order valence-corrected chi connectivity index (χ1v) is 10.5. The molecule has 3 amide bonds. The van der Waals surface area contributed by atoms with Gasteiger partial charge in [0.15, 0.2) is 6.10 Å². The second-order valence-corrected chi connectivity index (χ2v) is 7.73. The summed E-state index contributed by atoms with van der Waals surface area (Å²) in [6, 6.07) is 23.3. The van der Waals surface area contributed by atoms with E-state index in [-0.39, 0.29) is 30.4 Å². The maximum atomic E-state index is 13.0. The summed E-state index contributed by atoms with van der Waals surface area (Å²) in [5, 5.41) is 9.48. The number of benzene rings is 3. The quantitative estimate of drug-likeness (QED) is 0.645. The van der Waals surface area contributed by atoms with E-state index in [4.69, 9.17) is 4.84 Å². The number of anilines is 3. The molecule has 2 heterocycles. The Morgan fingerprint density at radius 2 is 1.70 bits per heavy atom. The van der Waals surface area contributed by atoms with E-state index < -0.39 is 0 Å².